The third-order valence-electron chi connectivity index (χ3n) is 1.09. The van der Waals surface area contributed by atoms with Gasteiger partial charge in [0.15, 0.2) is 0 Å². The van der Waals surface area contributed by atoms with Crippen LogP contribution in [0.25, 0.3) is 0 Å². The van der Waals surface area contributed by atoms with Crippen molar-refractivity contribution < 1.29 is 0 Å². The first-order valence-corrected chi connectivity index (χ1v) is 5.90. The average molecular weight is 228 g/mol. The van der Waals surface area contributed by atoms with Gasteiger partial charge in [-0.2, -0.15) is 0 Å². The van der Waals surface area contributed by atoms with Gasteiger partial charge in [0.25, 0.3) is 0 Å². The van der Waals surface area contributed by atoms with Gasteiger partial charge in [0.1, 0.15) is 4.32 Å². The maximum Gasteiger partial charge on any atom is 0.147 e. The predicted octanol–water partition coefficient (Wildman–Crippen LogP) is 2.66. The summed E-state index contributed by atoms with van der Waals surface area (Å²) >= 11 is 8.25. The molecule has 0 unspecified atom stereocenters. The summed E-state index contributed by atoms with van der Waals surface area (Å²) < 4.78 is 0.917. The van der Waals surface area contributed by atoms with E-state index in [1.165, 1.54) is 10.2 Å². The minimum absolute atomic E-state index is 0.917. The molecule has 0 aliphatic rings. The standard InChI is InChI=1S/C5H10BrNS2/c1-3-7(4-2)5(8)9-6/h3-4H2,1-2H3. The Hall–Kier alpha value is 0.720. The molecule has 0 rings (SSSR count). The maximum absolute atomic E-state index is 5.02. The van der Waals surface area contributed by atoms with Crippen LogP contribution in [-0.2, 0) is 0 Å². The number of hydrogen-bond donors (Lipinski definition) is 0. The summed E-state index contributed by atoms with van der Waals surface area (Å²) in [5.74, 6) is 0. The molecule has 0 aromatic heterocycles. The molecule has 0 saturated carbocycles. The van der Waals surface area contributed by atoms with Crippen molar-refractivity contribution in [2.75, 3.05) is 13.1 Å². The van der Waals surface area contributed by atoms with Gasteiger partial charge >= 0.3 is 0 Å². The molecule has 0 aromatic carbocycles. The lowest BCUT2D eigenvalue weighted by atomic mass is 10.6. The highest BCUT2D eigenvalue weighted by Crippen LogP contribution is 2.15. The smallest absolute Gasteiger partial charge is 0.147 e. The van der Waals surface area contributed by atoms with Crippen molar-refractivity contribution >= 4 is 41.5 Å². The summed E-state index contributed by atoms with van der Waals surface area (Å²) in [6.07, 6.45) is 0. The van der Waals surface area contributed by atoms with Crippen molar-refractivity contribution in [3.63, 3.8) is 0 Å². The van der Waals surface area contributed by atoms with Crippen LogP contribution in [-0.4, -0.2) is 22.3 Å². The summed E-state index contributed by atoms with van der Waals surface area (Å²) in [6.45, 7) is 6.18. The fraction of sp³-hybridized carbons (Fsp3) is 0.800. The zero-order chi connectivity index (χ0) is 7.28. The Morgan fingerprint density at radius 3 is 2.11 bits per heavy atom. The van der Waals surface area contributed by atoms with Crippen LogP contribution >= 0.6 is 37.2 Å². The van der Waals surface area contributed by atoms with Crippen molar-refractivity contribution in [3.05, 3.63) is 0 Å². The molecule has 0 radical (unpaired) electrons. The number of nitrogens with zero attached hydrogens (tertiary/aromatic N) is 1. The van der Waals surface area contributed by atoms with Gasteiger partial charge in [0.05, 0.1) is 0 Å². The summed E-state index contributed by atoms with van der Waals surface area (Å²) in [5, 5.41) is 0. The Labute approximate surface area is 73.4 Å². The maximum atomic E-state index is 5.02. The second-order valence-electron chi connectivity index (χ2n) is 1.52. The van der Waals surface area contributed by atoms with Gasteiger partial charge < -0.3 is 4.90 Å². The van der Waals surface area contributed by atoms with E-state index >= 15 is 0 Å². The Morgan fingerprint density at radius 2 is 2.00 bits per heavy atom. The van der Waals surface area contributed by atoms with Crippen LogP contribution in [0.5, 0.6) is 0 Å². The van der Waals surface area contributed by atoms with Crippen LogP contribution in [0.3, 0.4) is 0 Å². The zero-order valence-electron chi connectivity index (χ0n) is 5.56. The van der Waals surface area contributed by atoms with Gasteiger partial charge in [-0.25, -0.2) is 0 Å². The molecular weight excluding hydrogens is 218 g/mol. The van der Waals surface area contributed by atoms with E-state index in [4.69, 9.17) is 12.2 Å². The van der Waals surface area contributed by atoms with Crippen molar-refractivity contribution in [1.82, 2.24) is 4.90 Å². The topological polar surface area (TPSA) is 3.24 Å². The molecule has 0 heterocycles. The SMILES string of the molecule is CCN(CC)C(=S)SBr. The molecule has 0 amide bonds. The van der Waals surface area contributed by atoms with Gasteiger partial charge in [0, 0.05) is 13.1 Å². The number of hydrogen-bond acceptors (Lipinski definition) is 2. The molecule has 1 nitrogen and oxygen atoms in total. The van der Waals surface area contributed by atoms with Crippen LogP contribution in [0.2, 0.25) is 0 Å². The molecule has 0 saturated heterocycles. The van der Waals surface area contributed by atoms with Crippen molar-refractivity contribution in [1.29, 1.82) is 0 Å². The van der Waals surface area contributed by atoms with E-state index in [1.807, 2.05) is 0 Å². The van der Waals surface area contributed by atoms with E-state index in [9.17, 15) is 0 Å². The number of rotatable bonds is 2. The average Bonchev–Trinajstić information content (AvgIpc) is 1.90. The van der Waals surface area contributed by atoms with Gasteiger partial charge in [0.2, 0.25) is 0 Å². The van der Waals surface area contributed by atoms with Crippen molar-refractivity contribution in [2.45, 2.75) is 13.8 Å². The van der Waals surface area contributed by atoms with E-state index in [0.717, 1.165) is 17.4 Å². The molecule has 0 N–H and O–H groups in total. The summed E-state index contributed by atoms with van der Waals surface area (Å²) in [7, 11) is 1.45. The largest absolute Gasteiger partial charge is 0.357 e. The Morgan fingerprint density at radius 1 is 1.56 bits per heavy atom. The first kappa shape index (κ1) is 9.72. The highest BCUT2D eigenvalue weighted by molar-refractivity contribution is 9.52. The van der Waals surface area contributed by atoms with Gasteiger partial charge in [-0.1, -0.05) is 12.2 Å². The minimum Gasteiger partial charge on any atom is -0.357 e. The lowest BCUT2D eigenvalue weighted by molar-refractivity contribution is 0.482. The van der Waals surface area contributed by atoms with E-state index in [1.54, 1.807) is 0 Å². The molecular formula is C5H10BrNS2. The van der Waals surface area contributed by atoms with E-state index < -0.39 is 0 Å². The summed E-state index contributed by atoms with van der Waals surface area (Å²) in [5.41, 5.74) is 0. The van der Waals surface area contributed by atoms with Crippen LogP contribution in [0.1, 0.15) is 13.8 Å². The third-order valence-corrected chi connectivity index (χ3v) is 3.55. The molecule has 9 heavy (non-hydrogen) atoms. The molecule has 54 valence electrons. The van der Waals surface area contributed by atoms with Crippen LogP contribution in [0.4, 0.5) is 0 Å². The second kappa shape index (κ2) is 5.50. The first-order valence-electron chi connectivity index (χ1n) is 2.83. The normalized spacial score (nSPS) is 9.22. The summed E-state index contributed by atoms with van der Waals surface area (Å²) in [4.78, 5) is 2.12. The van der Waals surface area contributed by atoms with Crippen LogP contribution in [0.15, 0.2) is 0 Å². The Kier molecular flexibility index (Phi) is 5.94. The molecule has 0 aliphatic carbocycles. The van der Waals surface area contributed by atoms with Crippen molar-refractivity contribution in [3.8, 4) is 0 Å². The molecule has 0 fully saturated rings. The van der Waals surface area contributed by atoms with E-state index in [-0.39, 0.29) is 0 Å². The van der Waals surface area contributed by atoms with Crippen LogP contribution in [0, 0.1) is 0 Å². The van der Waals surface area contributed by atoms with Gasteiger partial charge in [-0.3, -0.25) is 0 Å². The third kappa shape index (κ3) is 3.43. The van der Waals surface area contributed by atoms with Gasteiger partial charge in [-0.15, -0.1) is 0 Å². The molecule has 0 aromatic rings. The molecule has 0 spiro atoms. The monoisotopic (exact) mass is 227 g/mol. The van der Waals surface area contributed by atoms with Crippen molar-refractivity contribution in [2.24, 2.45) is 0 Å². The molecule has 0 aliphatic heterocycles. The highest BCUT2D eigenvalue weighted by atomic mass is 79.9. The minimum atomic E-state index is 0.917. The second-order valence-corrected chi connectivity index (χ2v) is 3.67. The fourth-order valence-corrected chi connectivity index (χ4v) is 1.76. The molecule has 0 bridgehead atoms. The number of halogens is 1. The molecule has 0 atom stereocenters. The van der Waals surface area contributed by atoms with Crippen LogP contribution < -0.4 is 0 Å². The number of thiocarbonyl (C=S) groups is 1. The molecule has 4 heteroatoms. The first-order chi connectivity index (χ1) is 4.26. The quantitative estimate of drug-likeness (QED) is 0.669. The highest BCUT2D eigenvalue weighted by Gasteiger charge is 2.01. The lowest BCUT2D eigenvalue weighted by Crippen LogP contribution is -2.25. The van der Waals surface area contributed by atoms with E-state index in [0.29, 0.717) is 0 Å². The fourth-order valence-electron chi connectivity index (χ4n) is 0.531. The van der Waals surface area contributed by atoms with Gasteiger partial charge in [-0.05, 0) is 38.9 Å². The predicted molar refractivity (Wildman–Crippen MR) is 52.0 cm³/mol. The zero-order valence-corrected chi connectivity index (χ0v) is 8.77. The Bertz CT molecular complexity index is 93.0. The summed E-state index contributed by atoms with van der Waals surface area (Å²) in [6, 6.07) is 0. The van der Waals surface area contributed by atoms with E-state index in [2.05, 4.69) is 33.6 Å². The lowest BCUT2D eigenvalue weighted by Gasteiger charge is -2.18. The Balaban J connectivity index is 3.64.